The van der Waals surface area contributed by atoms with E-state index in [0.717, 1.165) is 16.4 Å². The Balaban J connectivity index is 2.16. The van der Waals surface area contributed by atoms with E-state index < -0.39 is 34.6 Å². The zero-order chi connectivity index (χ0) is 20.8. The number of nitrogens with one attached hydrogen (secondary N) is 3. The van der Waals surface area contributed by atoms with Crippen molar-refractivity contribution in [2.75, 3.05) is 26.5 Å². The summed E-state index contributed by atoms with van der Waals surface area (Å²) in [4.78, 5) is 16.0. The first-order chi connectivity index (χ1) is 13.3. The van der Waals surface area contributed by atoms with Crippen LogP contribution >= 0.6 is 0 Å². The van der Waals surface area contributed by atoms with E-state index in [0.29, 0.717) is 0 Å². The second-order valence-electron chi connectivity index (χ2n) is 5.53. The number of aromatic nitrogens is 1. The first-order valence-corrected chi connectivity index (χ1v) is 9.22. The molecule has 150 valence electrons. The van der Waals surface area contributed by atoms with E-state index in [2.05, 4.69) is 15.6 Å². The number of carbonyl (C=O) groups is 1. The Morgan fingerprint density at radius 2 is 2.07 bits per heavy atom. The zero-order valence-corrected chi connectivity index (χ0v) is 16.2. The Morgan fingerprint density at radius 3 is 2.68 bits per heavy atom. The van der Waals surface area contributed by atoms with Gasteiger partial charge in [0, 0.05) is 24.4 Å². The van der Waals surface area contributed by atoms with Gasteiger partial charge in [-0.2, -0.15) is 4.31 Å². The number of hydrogen-bond donors (Lipinski definition) is 3. The maximum atomic E-state index is 14.1. The molecule has 0 aliphatic heterocycles. The molecule has 2 aromatic rings. The van der Waals surface area contributed by atoms with Gasteiger partial charge in [-0.05, 0) is 18.2 Å². The Hall–Kier alpha value is -2.92. The van der Waals surface area contributed by atoms with Crippen LogP contribution < -0.4 is 15.4 Å². The average molecular weight is 411 g/mol. The molecule has 1 heterocycles. The minimum atomic E-state index is -1.71. The van der Waals surface area contributed by atoms with Gasteiger partial charge in [0.1, 0.15) is 11.6 Å². The minimum absolute atomic E-state index is 0.0649. The lowest BCUT2D eigenvalue weighted by Crippen LogP contribution is -2.40. The van der Waals surface area contributed by atoms with Gasteiger partial charge in [0.2, 0.25) is 5.96 Å². The molecule has 0 bridgehead atoms. The van der Waals surface area contributed by atoms with Crippen molar-refractivity contribution in [3.8, 4) is 5.75 Å². The number of carbonyl (C=O) groups excluding carboxylic acids is 1. The van der Waals surface area contributed by atoms with E-state index in [1.807, 2.05) is 0 Å². The van der Waals surface area contributed by atoms with Gasteiger partial charge in [0.05, 0.1) is 31.7 Å². The van der Waals surface area contributed by atoms with Crippen LogP contribution in [0.15, 0.2) is 30.5 Å². The fourth-order valence-electron chi connectivity index (χ4n) is 2.14. The molecule has 3 N–H and O–H groups in total. The highest BCUT2D eigenvalue weighted by atomic mass is 32.2. The first-order valence-electron chi connectivity index (χ1n) is 7.94. The molecule has 1 aromatic carbocycles. The molecular formula is C17H19F2N5O3S. The molecular weight excluding hydrogens is 392 g/mol. The van der Waals surface area contributed by atoms with Gasteiger partial charge in [0.15, 0.2) is 17.3 Å². The summed E-state index contributed by atoms with van der Waals surface area (Å²) >= 11 is -1.71. The number of nitrogens with zero attached hydrogens (tertiary/aromatic N) is 2. The molecule has 0 fully saturated rings. The fraction of sp³-hybridized carbons (Fsp3) is 0.235. The number of pyridine rings is 1. The van der Waals surface area contributed by atoms with Crippen molar-refractivity contribution < 1.29 is 22.9 Å². The molecule has 0 saturated carbocycles. The summed E-state index contributed by atoms with van der Waals surface area (Å²) in [7, 11) is 4.27. The van der Waals surface area contributed by atoms with Crippen molar-refractivity contribution in [1.29, 1.82) is 5.41 Å². The number of amides is 1. The Kier molecular flexibility index (Phi) is 7.12. The molecule has 0 aliphatic rings. The fourth-order valence-corrected chi connectivity index (χ4v) is 3.12. The van der Waals surface area contributed by atoms with Crippen LogP contribution in [0, 0.1) is 17.0 Å². The third-order valence-electron chi connectivity index (χ3n) is 3.71. The van der Waals surface area contributed by atoms with E-state index >= 15 is 0 Å². The number of guanidine groups is 1. The van der Waals surface area contributed by atoms with Crippen LogP contribution in [0.1, 0.15) is 16.1 Å². The van der Waals surface area contributed by atoms with E-state index in [4.69, 9.17) is 10.1 Å². The smallest absolute Gasteiger partial charge is 0.277 e. The van der Waals surface area contributed by atoms with E-state index in [1.165, 1.54) is 39.5 Å². The Morgan fingerprint density at radius 1 is 1.36 bits per heavy atom. The maximum absolute atomic E-state index is 14.1. The predicted molar refractivity (Wildman–Crippen MR) is 101 cm³/mol. The Labute approximate surface area is 163 Å². The van der Waals surface area contributed by atoms with Gasteiger partial charge in [-0.1, -0.05) is 0 Å². The normalized spacial score (nSPS) is 11.5. The number of methoxy groups -OCH3 is 1. The van der Waals surface area contributed by atoms with Crippen molar-refractivity contribution in [2.24, 2.45) is 0 Å². The quantitative estimate of drug-likeness (QED) is 0.380. The molecule has 8 nitrogen and oxygen atoms in total. The molecule has 1 amide bonds. The Bertz CT molecular complexity index is 884. The van der Waals surface area contributed by atoms with E-state index in [1.54, 1.807) is 0 Å². The molecule has 0 aliphatic carbocycles. The van der Waals surface area contributed by atoms with Gasteiger partial charge in [-0.25, -0.2) is 13.8 Å². The van der Waals surface area contributed by atoms with Gasteiger partial charge in [-0.3, -0.25) is 10.2 Å². The summed E-state index contributed by atoms with van der Waals surface area (Å²) in [6.07, 6.45) is 1.20. The van der Waals surface area contributed by atoms with E-state index in [-0.39, 0.29) is 28.7 Å². The lowest BCUT2D eigenvalue weighted by molar-refractivity contribution is 0.101. The number of benzene rings is 1. The van der Waals surface area contributed by atoms with Gasteiger partial charge < -0.3 is 19.9 Å². The summed E-state index contributed by atoms with van der Waals surface area (Å²) in [6, 6.07) is 4.71. The van der Waals surface area contributed by atoms with Gasteiger partial charge in [0.25, 0.3) is 5.91 Å². The van der Waals surface area contributed by atoms with Crippen LogP contribution in [0.3, 0.4) is 0 Å². The van der Waals surface area contributed by atoms with Crippen molar-refractivity contribution >= 4 is 28.9 Å². The largest absolute Gasteiger partial charge is 0.593 e. The molecule has 0 saturated heterocycles. The summed E-state index contributed by atoms with van der Waals surface area (Å²) in [5.41, 5.74) is -0.200. The van der Waals surface area contributed by atoms with Crippen LogP contribution in [-0.2, 0) is 17.1 Å². The van der Waals surface area contributed by atoms with Crippen LogP contribution in [0.5, 0.6) is 5.75 Å². The molecule has 2 rings (SSSR count). The molecule has 28 heavy (non-hydrogen) atoms. The molecule has 1 atom stereocenters. The number of ether oxygens (including phenoxy) is 1. The number of anilines is 1. The number of rotatable bonds is 6. The third kappa shape index (κ3) is 5.08. The molecule has 0 spiro atoms. The maximum Gasteiger partial charge on any atom is 0.277 e. The summed E-state index contributed by atoms with van der Waals surface area (Å²) in [6.45, 7) is 0. The summed E-state index contributed by atoms with van der Waals surface area (Å²) in [5.74, 6) is -2.46. The summed E-state index contributed by atoms with van der Waals surface area (Å²) < 4.78 is 46.3. The molecule has 11 heteroatoms. The minimum Gasteiger partial charge on any atom is -0.593 e. The highest BCUT2D eigenvalue weighted by Gasteiger charge is 2.21. The summed E-state index contributed by atoms with van der Waals surface area (Å²) in [5, 5.41) is 12.5. The van der Waals surface area contributed by atoms with Crippen molar-refractivity contribution in [2.45, 2.75) is 5.75 Å². The van der Waals surface area contributed by atoms with Gasteiger partial charge in [-0.15, -0.1) is 0 Å². The number of halogens is 2. The van der Waals surface area contributed by atoms with Gasteiger partial charge >= 0.3 is 0 Å². The molecule has 1 unspecified atom stereocenters. The first kappa shape index (κ1) is 21.4. The van der Waals surface area contributed by atoms with Crippen LogP contribution in [0.4, 0.5) is 14.5 Å². The standard InChI is InChI=1S/C17H19F2N5O3S/c1-21-17(20)24(2)28(26)9-10-6-11(4-5-13(10)18)23-16(25)15-14(19)7-12(27-3)8-22-15/h4-8H,9H2,1-3H3,(H2,20,21)(H,23,25). The SMILES string of the molecule is CNC(=N)N(C)[S+]([O-])Cc1cc(NC(=O)c2ncc(OC)cc2F)ccc1F. The second kappa shape index (κ2) is 9.33. The lowest BCUT2D eigenvalue weighted by Gasteiger charge is -2.22. The van der Waals surface area contributed by atoms with Crippen LogP contribution in [0.2, 0.25) is 0 Å². The van der Waals surface area contributed by atoms with Crippen molar-refractivity contribution in [3.05, 3.63) is 53.4 Å². The predicted octanol–water partition coefficient (Wildman–Crippen LogP) is 1.87. The molecule has 1 aromatic heterocycles. The van der Waals surface area contributed by atoms with Crippen molar-refractivity contribution in [3.63, 3.8) is 0 Å². The second-order valence-corrected chi connectivity index (χ2v) is 7.01. The van der Waals surface area contributed by atoms with Crippen LogP contribution in [0.25, 0.3) is 0 Å². The highest BCUT2D eigenvalue weighted by molar-refractivity contribution is 7.88. The van der Waals surface area contributed by atoms with E-state index in [9.17, 15) is 18.1 Å². The highest BCUT2D eigenvalue weighted by Crippen LogP contribution is 2.20. The third-order valence-corrected chi connectivity index (χ3v) is 5.06. The topological polar surface area (TPSA) is 113 Å². The number of hydrogen-bond acceptors (Lipinski definition) is 5. The van der Waals surface area contributed by atoms with Crippen molar-refractivity contribution in [1.82, 2.24) is 14.6 Å². The zero-order valence-electron chi connectivity index (χ0n) is 15.4. The molecule has 0 radical (unpaired) electrons. The average Bonchev–Trinajstić information content (AvgIpc) is 2.68. The lowest BCUT2D eigenvalue weighted by atomic mass is 10.2. The van der Waals surface area contributed by atoms with Crippen LogP contribution in [-0.4, -0.2) is 46.9 Å². The monoisotopic (exact) mass is 411 g/mol.